The van der Waals surface area contributed by atoms with Gasteiger partial charge in [0, 0.05) is 16.7 Å². The highest BCUT2D eigenvalue weighted by Crippen LogP contribution is 2.39. The lowest BCUT2D eigenvalue weighted by atomic mass is 9.90. The van der Waals surface area contributed by atoms with Crippen molar-refractivity contribution in [2.24, 2.45) is 0 Å². The minimum atomic E-state index is 0.598. The molecule has 6 nitrogen and oxygen atoms in total. The molecule has 3 heterocycles. The van der Waals surface area contributed by atoms with E-state index in [0.717, 1.165) is 100 Å². The van der Waals surface area contributed by atoms with Gasteiger partial charge in [0.15, 0.2) is 16.7 Å². The van der Waals surface area contributed by atoms with Crippen LogP contribution in [0, 0.1) is 20.8 Å². The molecule has 0 amide bonds. The van der Waals surface area contributed by atoms with E-state index in [0.29, 0.717) is 17.7 Å². The smallest absolute Gasteiger partial charge is 0.227 e. The lowest BCUT2D eigenvalue weighted by molar-refractivity contribution is 0.619. The number of hydrogen-bond donors (Lipinski definition) is 0. The van der Waals surface area contributed by atoms with Crippen molar-refractivity contribution in [1.29, 1.82) is 0 Å². The van der Waals surface area contributed by atoms with Gasteiger partial charge in [-0.15, -0.1) is 0 Å². The maximum absolute atomic E-state index is 6.23. The standard InChI is InChI=1S/C48H33N3O3/c1-28-16-31(25-37(19-28)46-49-40-10-4-7-13-43(40)52-46)34-22-35(32-17-29(2)20-38(26-32)47-50-41-11-5-8-14-44(41)53-47)24-36(23-34)33-18-30(3)21-39(27-33)48-51-42-12-6-9-15-45(42)54-48/h4-27H,1-3H3. The second-order valence-corrected chi connectivity index (χ2v) is 14.0. The first-order valence-electron chi connectivity index (χ1n) is 18.0. The number of nitrogens with zero attached hydrogens (tertiary/aromatic N) is 3. The predicted octanol–water partition coefficient (Wildman–Crippen LogP) is 13.0. The Hall–Kier alpha value is -7.05. The molecule has 7 aromatic carbocycles. The minimum Gasteiger partial charge on any atom is -0.436 e. The quantitative estimate of drug-likeness (QED) is 0.172. The van der Waals surface area contributed by atoms with E-state index in [1.165, 1.54) is 0 Å². The molecular weight excluding hydrogens is 667 g/mol. The Kier molecular flexibility index (Phi) is 7.37. The minimum absolute atomic E-state index is 0.598. The van der Waals surface area contributed by atoms with Crippen LogP contribution in [0.3, 0.4) is 0 Å². The third-order valence-electron chi connectivity index (χ3n) is 9.79. The van der Waals surface area contributed by atoms with Gasteiger partial charge in [0.1, 0.15) is 16.6 Å². The second-order valence-electron chi connectivity index (χ2n) is 14.0. The van der Waals surface area contributed by atoms with Gasteiger partial charge in [-0.3, -0.25) is 0 Å². The molecule has 0 unspecified atom stereocenters. The van der Waals surface area contributed by atoms with Gasteiger partial charge in [-0.05, 0) is 162 Å². The van der Waals surface area contributed by atoms with Gasteiger partial charge >= 0.3 is 0 Å². The molecule has 0 radical (unpaired) electrons. The van der Waals surface area contributed by atoms with E-state index in [-0.39, 0.29) is 0 Å². The van der Waals surface area contributed by atoms with Gasteiger partial charge in [-0.25, -0.2) is 15.0 Å². The van der Waals surface area contributed by atoms with Crippen LogP contribution in [0.4, 0.5) is 0 Å². The fourth-order valence-electron chi connectivity index (χ4n) is 7.33. The molecule has 0 saturated heterocycles. The van der Waals surface area contributed by atoms with E-state index in [1.54, 1.807) is 0 Å². The van der Waals surface area contributed by atoms with Crippen molar-refractivity contribution in [3.8, 4) is 67.7 Å². The average Bonchev–Trinajstić information content (AvgIpc) is 3.94. The van der Waals surface area contributed by atoms with Crippen LogP contribution in [0.2, 0.25) is 0 Å². The molecule has 0 aliphatic rings. The van der Waals surface area contributed by atoms with Crippen LogP contribution in [-0.4, -0.2) is 15.0 Å². The molecule has 6 heteroatoms. The molecule has 0 spiro atoms. The molecule has 0 aliphatic heterocycles. The summed E-state index contributed by atoms with van der Waals surface area (Å²) in [5.41, 5.74) is 17.3. The third kappa shape index (κ3) is 5.84. The van der Waals surface area contributed by atoms with Crippen LogP contribution in [0.25, 0.3) is 101 Å². The van der Waals surface area contributed by atoms with E-state index in [1.807, 2.05) is 72.8 Å². The predicted molar refractivity (Wildman–Crippen MR) is 216 cm³/mol. The highest BCUT2D eigenvalue weighted by Gasteiger charge is 2.17. The molecule has 0 aliphatic carbocycles. The van der Waals surface area contributed by atoms with E-state index in [2.05, 4.69) is 93.6 Å². The number of para-hydroxylation sites is 6. The molecule has 0 atom stereocenters. The molecule has 0 saturated carbocycles. The zero-order valence-corrected chi connectivity index (χ0v) is 29.9. The lowest BCUT2D eigenvalue weighted by Crippen LogP contribution is -1.91. The molecule has 258 valence electrons. The van der Waals surface area contributed by atoms with Gasteiger partial charge in [-0.2, -0.15) is 0 Å². The van der Waals surface area contributed by atoms with Crippen molar-refractivity contribution in [3.05, 3.63) is 162 Å². The number of fused-ring (bicyclic) bond motifs is 3. The molecule has 10 rings (SSSR count). The number of oxazole rings is 3. The summed E-state index contributed by atoms with van der Waals surface area (Å²) in [4.78, 5) is 14.5. The van der Waals surface area contributed by atoms with Gasteiger partial charge in [-0.1, -0.05) is 54.6 Å². The normalized spacial score (nSPS) is 11.6. The fraction of sp³-hybridized carbons (Fsp3) is 0.0625. The SMILES string of the molecule is Cc1cc(-c2cc(-c3cc(C)cc(-c4nc5ccccc5o4)c3)cc(-c3cc(C)cc(-c4nc5ccccc5o4)c3)c2)cc(-c2nc3ccccc3o2)c1. The Bertz CT molecular complexity index is 2620. The zero-order chi connectivity index (χ0) is 36.3. The maximum atomic E-state index is 6.23. The fourth-order valence-corrected chi connectivity index (χ4v) is 7.33. The second kappa shape index (κ2) is 12.6. The lowest BCUT2D eigenvalue weighted by Gasteiger charge is -2.14. The molecule has 0 N–H and O–H groups in total. The Morgan fingerprint density at radius 2 is 0.537 bits per heavy atom. The summed E-state index contributed by atoms with van der Waals surface area (Å²) in [6.07, 6.45) is 0. The van der Waals surface area contributed by atoms with Crippen LogP contribution < -0.4 is 0 Å². The van der Waals surface area contributed by atoms with Gasteiger partial charge < -0.3 is 13.3 Å². The van der Waals surface area contributed by atoms with Gasteiger partial charge in [0.25, 0.3) is 0 Å². The molecule has 3 aromatic heterocycles. The van der Waals surface area contributed by atoms with Crippen molar-refractivity contribution in [2.45, 2.75) is 20.8 Å². The van der Waals surface area contributed by atoms with E-state index < -0.39 is 0 Å². The van der Waals surface area contributed by atoms with Crippen molar-refractivity contribution in [1.82, 2.24) is 15.0 Å². The van der Waals surface area contributed by atoms with Crippen molar-refractivity contribution < 1.29 is 13.3 Å². The Labute approximate surface area is 311 Å². The first-order valence-corrected chi connectivity index (χ1v) is 18.0. The van der Waals surface area contributed by atoms with Crippen LogP contribution in [0.1, 0.15) is 16.7 Å². The summed E-state index contributed by atoms with van der Waals surface area (Å²) in [6, 6.07) is 49.9. The maximum Gasteiger partial charge on any atom is 0.227 e. The van der Waals surface area contributed by atoms with E-state index >= 15 is 0 Å². The summed E-state index contributed by atoms with van der Waals surface area (Å²) in [6.45, 7) is 6.34. The van der Waals surface area contributed by atoms with E-state index in [4.69, 9.17) is 28.2 Å². The molecule has 10 aromatic rings. The number of hydrogen-bond acceptors (Lipinski definition) is 6. The summed E-state index contributed by atoms with van der Waals surface area (Å²) < 4.78 is 18.7. The van der Waals surface area contributed by atoms with Crippen molar-refractivity contribution in [2.75, 3.05) is 0 Å². The van der Waals surface area contributed by atoms with Gasteiger partial charge in [0.2, 0.25) is 17.7 Å². The van der Waals surface area contributed by atoms with Crippen LogP contribution >= 0.6 is 0 Å². The van der Waals surface area contributed by atoms with Crippen molar-refractivity contribution in [3.63, 3.8) is 0 Å². The van der Waals surface area contributed by atoms with Gasteiger partial charge in [0.05, 0.1) is 0 Å². The van der Waals surface area contributed by atoms with Crippen molar-refractivity contribution >= 4 is 33.3 Å². The Morgan fingerprint density at radius 1 is 0.296 bits per heavy atom. The van der Waals surface area contributed by atoms with Crippen LogP contribution in [0.5, 0.6) is 0 Å². The molecule has 0 bridgehead atoms. The number of aryl methyl sites for hydroxylation is 3. The summed E-state index contributed by atoms with van der Waals surface area (Å²) in [7, 11) is 0. The summed E-state index contributed by atoms with van der Waals surface area (Å²) >= 11 is 0. The molecular formula is C48H33N3O3. The first kappa shape index (κ1) is 31.7. The third-order valence-corrected chi connectivity index (χ3v) is 9.79. The Morgan fingerprint density at radius 3 is 0.833 bits per heavy atom. The summed E-state index contributed by atoms with van der Waals surface area (Å²) in [5, 5.41) is 0. The summed E-state index contributed by atoms with van der Waals surface area (Å²) in [5.74, 6) is 1.79. The monoisotopic (exact) mass is 699 g/mol. The number of rotatable bonds is 6. The topological polar surface area (TPSA) is 78.1 Å². The zero-order valence-electron chi connectivity index (χ0n) is 29.9. The largest absolute Gasteiger partial charge is 0.436 e. The number of aromatic nitrogens is 3. The van der Waals surface area contributed by atoms with Crippen LogP contribution in [-0.2, 0) is 0 Å². The number of benzene rings is 7. The Balaban J connectivity index is 1.15. The average molecular weight is 700 g/mol. The highest BCUT2D eigenvalue weighted by molar-refractivity contribution is 5.86. The first-order chi connectivity index (χ1) is 26.4. The molecule has 0 fully saturated rings. The van der Waals surface area contributed by atoms with Crippen LogP contribution in [0.15, 0.2) is 159 Å². The molecule has 54 heavy (non-hydrogen) atoms. The van der Waals surface area contributed by atoms with E-state index in [9.17, 15) is 0 Å². The highest BCUT2D eigenvalue weighted by atomic mass is 16.4.